The fourth-order valence-electron chi connectivity index (χ4n) is 2.66. The summed E-state index contributed by atoms with van der Waals surface area (Å²) < 4.78 is 0. The zero-order valence-electron chi connectivity index (χ0n) is 14.4. The van der Waals surface area contributed by atoms with E-state index in [1.54, 1.807) is 6.92 Å². The van der Waals surface area contributed by atoms with Gasteiger partial charge in [0.15, 0.2) is 0 Å². The molecule has 4 N–H and O–H groups in total. The second kappa shape index (κ2) is 14.8. The first-order valence-corrected chi connectivity index (χ1v) is 9.19. The highest BCUT2D eigenvalue weighted by molar-refractivity contribution is 4.70. The predicted molar refractivity (Wildman–Crippen MR) is 91.4 cm³/mol. The third kappa shape index (κ3) is 14.6. The molecule has 0 amide bonds. The Morgan fingerprint density at radius 2 is 1.19 bits per heavy atom. The molecule has 0 aromatic heterocycles. The molecule has 0 aliphatic heterocycles. The van der Waals surface area contributed by atoms with Crippen LogP contribution in [0, 0.1) is 0 Å². The van der Waals surface area contributed by atoms with Gasteiger partial charge in [0.2, 0.25) is 0 Å². The van der Waals surface area contributed by atoms with Gasteiger partial charge < -0.3 is 15.9 Å². The van der Waals surface area contributed by atoms with Gasteiger partial charge in [-0.15, -0.1) is 0 Å². The van der Waals surface area contributed by atoms with Gasteiger partial charge in [0, 0.05) is 12.5 Å². The normalized spacial score (nSPS) is 15.9. The molecule has 0 spiro atoms. The highest BCUT2D eigenvalue weighted by atomic mass is 16.3. The fraction of sp³-hybridized carbons (Fsp3) is 1.00. The van der Waals surface area contributed by atoms with Crippen LogP contribution < -0.4 is 5.73 Å². The molecule has 21 heavy (non-hydrogen) atoms. The molecule has 0 radical (unpaired) electrons. The van der Waals surface area contributed by atoms with E-state index in [-0.39, 0.29) is 6.04 Å². The van der Waals surface area contributed by atoms with E-state index in [1.165, 1.54) is 64.2 Å². The largest absolute Gasteiger partial charge is 0.393 e. The predicted octanol–water partition coefficient (Wildman–Crippen LogP) is 4.15. The van der Waals surface area contributed by atoms with Crippen LogP contribution >= 0.6 is 0 Å². The molecule has 0 aliphatic carbocycles. The van der Waals surface area contributed by atoms with Gasteiger partial charge in [0.05, 0.1) is 12.2 Å². The SMILES string of the molecule is CCCCCCCCCCCCC[C@H](O)C[C@H](O)[C@H](C)N. The van der Waals surface area contributed by atoms with Crippen LogP contribution in [-0.4, -0.2) is 28.5 Å². The summed E-state index contributed by atoms with van der Waals surface area (Å²) in [6, 6.07) is -0.253. The molecular formula is C18H39NO2. The summed E-state index contributed by atoms with van der Waals surface area (Å²) >= 11 is 0. The summed E-state index contributed by atoms with van der Waals surface area (Å²) in [6.45, 7) is 4.04. The number of aliphatic hydroxyl groups excluding tert-OH is 2. The summed E-state index contributed by atoms with van der Waals surface area (Å²) in [4.78, 5) is 0. The van der Waals surface area contributed by atoms with Crippen molar-refractivity contribution in [2.24, 2.45) is 5.73 Å². The second-order valence-electron chi connectivity index (χ2n) is 6.64. The number of aliphatic hydroxyl groups is 2. The average Bonchev–Trinajstić information content (AvgIpc) is 2.44. The van der Waals surface area contributed by atoms with Gasteiger partial charge in [0.1, 0.15) is 0 Å². The second-order valence-corrected chi connectivity index (χ2v) is 6.64. The summed E-state index contributed by atoms with van der Waals surface area (Å²) in [5, 5.41) is 19.4. The van der Waals surface area contributed by atoms with Crippen LogP contribution in [0.2, 0.25) is 0 Å². The molecule has 0 rings (SSSR count). The van der Waals surface area contributed by atoms with Gasteiger partial charge in [-0.25, -0.2) is 0 Å². The Bertz CT molecular complexity index is 209. The minimum atomic E-state index is -0.576. The van der Waals surface area contributed by atoms with Crippen LogP contribution in [-0.2, 0) is 0 Å². The van der Waals surface area contributed by atoms with Crippen LogP contribution in [0.5, 0.6) is 0 Å². The Morgan fingerprint density at radius 3 is 1.62 bits per heavy atom. The van der Waals surface area contributed by atoms with E-state index in [0.29, 0.717) is 6.42 Å². The first-order valence-electron chi connectivity index (χ1n) is 9.19. The van der Waals surface area contributed by atoms with E-state index in [2.05, 4.69) is 6.92 Å². The molecule has 0 heterocycles. The standard InChI is InChI=1S/C18H39NO2/c1-3-4-5-6-7-8-9-10-11-12-13-14-17(20)15-18(21)16(2)19/h16-18,20-21H,3-15,19H2,1-2H3/t16-,17-,18-/m0/s1. The van der Waals surface area contributed by atoms with Crippen LogP contribution in [0.4, 0.5) is 0 Å². The van der Waals surface area contributed by atoms with Crippen molar-refractivity contribution < 1.29 is 10.2 Å². The molecular weight excluding hydrogens is 262 g/mol. The molecule has 0 aromatic carbocycles. The minimum absolute atomic E-state index is 0.253. The maximum absolute atomic E-state index is 9.80. The third-order valence-electron chi connectivity index (χ3n) is 4.26. The van der Waals surface area contributed by atoms with Crippen molar-refractivity contribution in [1.82, 2.24) is 0 Å². The molecule has 0 saturated heterocycles. The lowest BCUT2D eigenvalue weighted by Crippen LogP contribution is -2.34. The maximum Gasteiger partial charge on any atom is 0.0712 e. The highest BCUT2D eigenvalue weighted by Crippen LogP contribution is 2.14. The highest BCUT2D eigenvalue weighted by Gasteiger charge is 2.14. The van der Waals surface area contributed by atoms with Crippen molar-refractivity contribution in [3.8, 4) is 0 Å². The molecule has 0 aromatic rings. The Kier molecular flexibility index (Phi) is 14.7. The van der Waals surface area contributed by atoms with Gasteiger partial charge >= 0.3 is 0 Å². The van der Waals surface area contributed by atoms with Gasteiger partial charge in [-0.2, -0.15) is 0 Å². The fourth-order valence-corrected chi connectivity index (χ4v) is 2.66. The number of nitrogens with two attached hydrogens (primary N) is 1. The Morgan fingerprint density at radius 1 is 0.762 bits per heavy atom. The van der Waals surface area contributed by atoms with E-state index >= 15 is 0 Å². The Hall–Kier alpha value is -0.120. The molecule has 0 unspecified atom stereocenters. The Balaban J connectivity index is 3.21. The van der Waals surface area contributed by atoms with Crippen LogP contribution in [0.1, 0.15) is 97.3 Å². The van der Waals surface area contributed by atoms with Crippen LogP contribution in [0.3, 0.4) is 0 Å². The molecule has 128 valence electrons. The number of hydrogen-bond acceptors (Lipinski definition) is 3. The van der Waals surface area contributed by atoms with E-state index in [0.717, 1.165) is 12.8 Å². The monoisotopic (exact) mass is 301 g/mol. The summed E-state index contributed by atoms with van der Waals surface area (Å²) in [7, 11) is 0. The van der Waals surface area contributed by atoms with Crippen molar-refractivity contribution in [2.45, 2.75) is 116 Å². The Labute approximate surface area is 132 Å². The van der Waals surface area contributed by atoms with E-state index in [1.807, 2.05) is 0 Å². The van der Waals surface area contributed by atoms with E-state index in [4.69, 9.17) is 5.73 Å². The lowest BCUT2D eigenvalue weighted by atomic mass is 10.0. The van der Waals surface area contributed by atoms with Gasteiger partial charge in [-0.05, 0) is 13.3 Å². The van der Waals surface area contributed by atoms with Crippen molar-refractivity contribution in [3.63, 3.8) is 0 Å². The van der Waals surface area contributed by atoms with E-state index < -0.39 is 12.2 Å². The minimum Gasteiger partial charge on any atom is -0.393 e. The number of hydrogen-bond donors (Lipinski definition) is 3. The summed E-state index contributed by atoms with van der Waals surface area (Å²) in [6.07, 6.45) is 14.7. The molecule has 0 fully saturated rings. The number of rotatable bonds is 15. The average molecular weight is 302 g/mol. The first kappa shape index (κ1) is 20.9. The molecule has 3 atom stereocenters. The summed E-state index contributed by atoms with van der Waals surface area (Å²) in [5.41, 5.74) is 5.58. The van der Waals surface area contributed by atoms with Crippen molar-refractivity contribution >= 4 is 0 Å². The third-order valence-corrected chi connectivity index (χ3v) is 4.26. The van der Waals surface area contributed by atoms with E-state index in [9.17, 15) is 10.2 Å². The molecule has 3 nitrogen and oxygen atoms in total. The lowest BCUT2D eigenvalue weighted by molar-refractivity contribution is 0.0629. The molecule has 0 aliphatic rings. The quantitative estimate of drug-likeness (QED) is 0.398. The molecule has 0 bridgehead atoms. The van der Waals surface area contributed by atoms with Crippen molar-refractivity contribution in [2.75, 3.05) is 0 Å². The molecule has 0 saturated carbocycles. The van der Waals surface area contributed by atoms with Crippen LogP contribution in [0.25, 0.3) is 0 Å². The van der Waals surface area contributed by atoms with Crippen molar-refractivity contribution in [1.29, 1.82) is 0 Å². The zero-order valence-corrected chi connectivity index (χ0v) is 14.4. The van der Waals surface area contributed by atoms with Gasteiger partial charge in [-0.1, -0.05) is 77.6 Å². The topological polar surface area (TPSA) is 66.5 Å². The maximum atomic E-state index is 9.80. The van der Waals surface area contributed by atoms with Gasteiger partial charge in [-0.3, -0.25) is 0 Å². The van der Waals surface area contributed by atoms with Crippen molar-refractivity contribution in [3.05, 3.63) is 0 Å². The first-order chi connectivity index (χ1) is 10.1. The lowest BCUT2D eigenvalue weighted by Gasteiger charge is -2.18. The zero-order chi connectivity index (χ0) is 15.9. The molecule has 3 heteroatoms. The van der Waals surface area contributed by atoms with Crippen LogP contribution in [0.15, 0.2) is 0 Å². The summed E-state index contributed by atoms with van der Waals surface area (Å²) in [5.74, 6) is 0. The number of unbranched alkanes of at least 4 members (excludes halogenated alkanes) is 10. The smallest absolute Gasteiger partial charge is 0.0712 e. The van der Waals surface area contributed by atoms with Gasteiger partial charge in [0.25, 0.3) is 0 Å².